The maximum Gasteiger partial charge on any atom is 0.258 e. The number of nitrogens with one attached hydrogen (secondary N) is 1. The van der Waals surface area contributed by atoms with E-state index in [9.17, 15) is 9.18 Å². The molecule has 0 aliphatic heterocycles. The zero-order valence-corrected chi connectivity index (χ0v) is 13.7. The van der Waals surface area contributed by atoms with Gasteiger partial charge < -0.3 is 11.1 Å². The van der Waals surface area contributed by atoms with Crippen LogP contribution in [0.25, 0.3) is 0 Å². The molecule has 0 radical (unpaired) electrons. The molecule has 0 bridgehead atoms. The summed E-state index contributed by atoms with van der Waals surface area (Å²) in [6.07, 6.45) is 0. The summed E-state index contributed by atoms with van der Waals surface area (Å²) < 4.78 is 14.6. The summed E-state index contributed by atoms with van der Waals surface area (Å²) in [5, 5.41) is 2.46. The number of hydrogen-bond donors (Lipinski definition) is 2. The highest BCUT2D eigenvalue weighted by molar-refractivity contribution is 9.10. The molecule has 2 aromatic carbocycles. The standard InChI is InChI=1S/C14H9BrClFN2OS/c15-7-4-5-8(13(18)21)11(6-7)19-14(20)9-2-1-3-10(16)12(9)17/h1-6H,(H2,18,21)(H,19,20). The molecule has 2 aromatic rings. The molecule has 21 heavy (non-hydrogen) atoms. The van der Waals surface area contributed by atoms with Crippen molar-refractivity contribution in [2.75, 3.05) is 5.32 Å². The molecule has 7 heteroatoms. The third-order valence-electron chi connectivity index (χ3n) is 2.69. The number of rotatable bonds is 3. The van der Waals surface area contributed by atoms with Crippen molar-refractivity contribution in [3.05, 3.63) is 62.8 Å². The largest absolute Gasteiger partial charge is 0.389 e. The lowest BCUT2D eigenvalue weighted by Gasteiger charge is -2.11. The third-order valence-corrected chi connectivity index (χ3v) is 3.70. The van der Waals surface area contributed by atoms with Gasteiger partial charge in [-0.3, -0.25) is 4.79 Å². The van der Waals surface area contributed by atoms with Gasteiger partial charge in [-0.25, -0.2) is 4.39 Å². The fraction of sp³-hybridized carbons (Fsp3) is 0. The van der Waals surface area contributed by atoms with E-state index in [1.54, 1.807) is 18.2 Å². The predicted octanol–water partition coefficient (Wildman–Crippen LogP) is 4.13. The van der Waals surface area contributed by atoms with E-state index < -0.39 is 11.7 Å². The van der Waals surface area contributed by atoms with Crippen LogP contribution in [0.15, 0.2) is 40.9 Å². The summed E-state index contributed by atoms with van der Waals surface area (Å²) in [5.74, 6) is -1.41. The van der Waals surface area contributed by atoms with Crippen molar-refractivity contribution in [1.29, 1.82) is 0 Å². The number of carbonyl (C=O) groups is 1. The quantitative estimate of drug-likeness (QED) is 0.779. The lowest BCUT2D eigenvalue weighted by atomic mass is 10.1. The SMILES string of the molecule is NC(=S)c1ccc(Br)cc1NC(=O)c1cccc(Cl)c1F. The molecule has 0 aliphatic rings. The fourth-order valence-electron chi connectivity index (χ4n) is 1.70. The summed E-state index contributed by atoms with van der Waals surface area (Å²) in [6.45, 7) is 0. The second kappa shape index (κ2) is 6.51. The van der Waals surface area contributed by atoms with E-state index in [-0.39, 0.29) is 15.6 Å². The molecule has 0 fully saturated rings. The third kappa shape index (κ3) is 3.58. The first-order valence-corrected chi connectivity index (χ1v) is 7.33. The lowest BCUT2D eigenvalue weighted by Crippen LogP contribution is -2.18. The van der Waals surface area contributed by atoms with E-state index in [2.05, 4.69) is 21.2 Å². The fourth-order valence-corrected chi connectivity index (χ4v) is 2.42. The van der Waals surface area contributed by atoms with Gasteiger partial charge in [0.15, 0.2) is 5.82 Å². The monoisotopic (exact) mass is 386 g/mol. The summed E-state index contributed by atoms with van der Waals surface area (Å²) >= 11 is 13.9. The Morgan fingerprint density at radius 1 is 1.29 bits per heavy atom. The molecular formula is C14H9BrClFN2OS. The summed E-state index contributed by atoms with van der Waals surface area (Å²) in [6, 6.07) is 9.24. The second-order valence-electron chi connectivity index (χ2n) is 4.11. The highest BCUT2D eigenvalue weighted by Crippen LogP contribution is 2.24. The number of benzene rings is 2. The smallest absolute Gasteiger partial charge is 0.258 e. The maximum absolute atomic E-state index is 13.8. The molecule has 3 N–H and O–H groups in total. The minimum Gasteiger partial charge on any atom is -0.389 e. The van der Waals surface area contributed by atoms with Crippen molar-refractivity contribution in [3.8, 4) is 0 Å². The minimum atomic E-state index is -0.775. The Labute approximate surface area is 139 Å². The van der Waals surface area contributed by atoms with Gasteiger partial charge in [-0.2, -0.15) is 0 Å². The Hall–Kier alpha value is -1.50. The summed E-state index contributed by atoms with van der Waals surface area (Å²) in [5.41, 5.74) is 6.33. The molecule has 2 rings (SSSR count). The van der Waals surface area contributed by atoms with Crippen molar-refractivity contribution in [2.45, 2.75) is 0 Å². The highest BCUT2D eigenvalue weighted by atomic mass is 79.9. The number of hydrogen-bond acceptors (Lipinski definition) is 2. The van der Waals surface area contributed by atoms with E-state index in [1.165, 1.54) is 18.2 Å². The topological polar surface area (TPSA) is 55.1 Å². The van der Waals surface area contributed by atoms with Crippen molar-refractivity contribution in [3.63, 3.8) is 0 Å². The van der Waals surface area contributed by atoms with Gasteiger partial charge >= 0.3 is 0 Å². The van der Waals surface area contributed by atoms with Gasteiger partial charge in [-0.05, 0) is 30.3 Å². The number of thiocarbonyl (C=S) groups is 1. The van der Waals surface area contributed by atoms with Crippen LogP contribution < -0.4 is 11.1 Å². The van der Waals surface area contributed by atoms with E-state index in [0.717, 1.165) is 4.47 Å². The van der Waals surface area contributed by atoms with Crippen molar-refractivity contribution in [2.24, 2.45) is 5.73 Å². The average molecular weight is 388 g/mol. The number of halogens is 3. The molecular weight excluding hydrogens is 379 g/mol. The lowest BCUT2D eigenvalue weighted by molar-refractivity contribution is 0.102. The number of amides is 1. The Bertz CT molecular complexity index is 739. The first kappa shape index (κ1) is 15.9. The molecule has 0 aromatic heterocycles. The first-order valence-electron chi connectivity index (χ1n) is 5.75. The van der Waals surface area contributed by atoms with E-state index in [1.807, 2.05) is 0 Å². The number of nitrogens with two attached hydrogens (primary N) is 1. The van der Waals surface area contributed by atoms with Crippen LogP contribution in [0, 0.1) is 5.82 Å². The van der Waals surface area contributed by atoms with Gasteiger partial charge in [0.1, 0.15) is 4.99 Å². The first-order chi connectivity index (χ1) is 9.90. The van der Waals surface area contributed by atoms with Crippen LogP contribution in [-0.2, 0) is 0 Å². The van der Waals surface area contributed by atoms with E-state index in [4.69, 9.17) is 29.6 Å². The van der Waals surface area contributed by atoms with Gasteiger partial charge in [-0.15, -0.1) is 0 Å². The van der Waals surface area contributed by atoms with Crippen LogP contribution in [-0.4, -0.2) is 10.9 Å². The van der Waals surface area contributed by atoms with Crippen LogP contribution in [0.5, 0.6) is 0 Å². The Kier molecular flexibility index (Phi) is 4.92. The zero-order valence-electron chi connectivity index (χ0n) is 10.5. The molecule has 0 atom stereocenters. The van der Waals surface area contributed by atoms with Crippen LogP contribution in [0.1, 0.15) is 15.9 Å². The summed E-state index contributed by atoms with van der Waals surface area (Å²) in [4.78, 5) is 12.3. The van der Waals surface area contributed by atoms with Gasteiger partial charge in [0, 0.05) is 10.0 Å². The van der Waals surface area contributed by atoms with Gasteiger partial charge in [0.25, 0.3) is 5.91 Å². The van der Waals surface area contributed by atoms with Gasteiger partial charge in [-0.1, -0.05) is 45.8 Å². The Balaban J connectivity index is 2.38. The Morgan fingerprint density at radius 3 is 2.67 bits per heavy atom. The molecule has 0 saturated carbocycles. The van der Waals surface area contributed by atoms with Gasteiger partial charge in [0.05, 0.1) is 16.3 Å². The highest BCUT2D eigenvalue weighted by Gasteiger charge is 2.16. The predicted molar refractivity (Wildman–Crippen MR) is 89.4 cm³/mol. The Morgan fingerprint density at radius 2 is 2.00 bits per heavy atom. The van der Waals surface area contributed by atoms with Crippen molar-refractivity contribution >= 4 is 56.3 Å². The van der Waals surface area contributed by atoms with Crippen molar-refractivity contribution in [1.82, 2.24) is 0 Å². The molecule has 0 spiro atoms. The van der Waals surface area contributed by atoms with Crippen LogP contribution in [0.3, 0.4) is 0 Å². The van der Waals surface area contributed by atoms with Crippen LogP contribution >= 0.6 is 39.7 Å². The molecule has 0 heterocycles. The van der Waals surface area contributed by atoms with Crippen LogP contribution in [0.2, 0.25) is 5.02 Å². The van der Waals surface area contributed by atoms with Crippen molar-refractivity contribution < 1.29 is 9.18 Å². The zero-order chi connectivity index (χ0) is 15.6. The molecule has 108 valence electrons. The minimum absolute atomic E-state index is 0.119. The van der Waals surface area contributed by atoms with Crippen LogP contribution in [0.4, 0.5) is 10.1 Å². The number of anilines is 1. The molecule has 0 unspecified atom stereocenters. The van der Waals surface area contributed by atoms with E-state index in [0.29, 0.717) is 11.3 Å². The summed E-state index contributed by atoms with van der Waals surface area (Å²) in [7, 11) is 0. The van der Waals surface area contributed by atoms with E-state index >= 15 is 0 Å². The maximum atomic E-state index is 13.8. The normalized spacial score (nSPS) is 10.2. The second-order valence-corrected chi connectivity index (χ2v) is 5.87. The number of carbonyl (C=O) groups excluding carboxylic acids is 1. The molecule has 0 saturated heterocycles. The average Bonchev–Trinajstić information content (AvgIpc) is 2.41. The van der Waals surface area contributed by atoms with Gasteiger partial charge in [0.2, 0.25) is 0 Å². The molecule has 3 nitrogen and oxygen atoms in total. The molecule has 1 amide bonds. The molecule has 0 aliphatic carbocycles.